The third-order valence-corrected chi connectivity index (χ3v) is 4.58. The van der Waals surface area contributed by atoms with E-state index in [9.17, 15) is 14.9 Å². The highest BCUT2D eigenvalue weighted by atomic mass is 16.2. The van der Waals surface area contributed by atoms with E-state index in [-0.39, 0.29) is 24.5 Å². The van der Waals surface area contributed by atoms with Crippen molar-refractivity contribution in [3.63, 3.8) is 0 Å². The molecule has 2 heterocycles. The minimum Gasteiger partial charge on any atom is -0.312 e. The molecule has 22 heavy (non-hydrogen) atoms. The van der Waals surface area contributed by atoms with Crippen molar-refractivity contribution in [1.82, 2.24) is 9.80 Å². The Morgan fingerprint density at radius 2 is 2.05 bits per heavy atom. The topological polar surface area (TPSA) is 64.4 Å². The molecular formula is C17H19N3O2. The Balaban J connectivity index is 1.90. The first-order chi connectivity index (χ1) is 10.5. The van der Waals surface area contributed by atoms with Crippen LogP contribution in [0.5, 0.6) is 0 Å². The summed E-state index contributed by atoms with van der Waals surface area (Å²) < 4.78 is 0. The number of imide groups is 1. The monoisotopic (exact) mass is 297 g/mol. The van der Waals surface area contributed by atoms with Gasteiger partial charge in [0.2, 0.25) is 0 Å². The van der Waals surface area contributed by atoms with Crippen molar-refractivity contribution >= 4 is 11.9 Å². The lowest BCUT2D eigenvalue weighted by Crippen LogP contribution is -2.33. The molecule has 3 rings (SSSR count). The van der Waals surface area contributed by atoms with Crippen LogP contribution < -0.4 is 0 Å². The van der Waals surface area contributed by atoms with E-state index in [4.69, 9.17) is 0 Å². The molecule has 114 valence electrons. The molecule has 0 spiro atoms. The number of carbonyl (C=O) groups excluding carboxylic acids is 2. The van der Waals surface area contributed by atoms with Crippen LogP contribution in [0.4, 0.5) is 4.79 Å². The second-order valence-electron chi connectivity index (χ2n) is 6.45. The molecule has 0 aromatic heterocycles. The summed E-state index contributed by atoms with van der Waals surface area (Å²) in [6, 6.07) is 9.35. The van der Waals surface area contributed by atoms with Crippen LogP contribution >= 0.6 is 0 Å². The predicted octanol–water partition coefficient (Wildman–Crippen LogP) is 2.41. The van der Waals surface area contributed by atoms with Gasteiger partial charge in [-0.1, -0.05) is 24.3 Å². The van der Waals surface area contributed by atoms with Crippen LogP contribution in [0.3, 0.4) is 0 Å². The Bertz CT molecular complexity index is 653. The Morgan fingerprint density at radius 3 is 2.73 bits per heavy atom. The van der Waals surface area contributed by atoms with Crippen molar-refractivity contribution < 1.29 is 9.59 Å². The van der Waals surface area contributed by atoms with E-state index in [1.807, 2.05) is 38.1 Å². The average Bonchev–Trinajstić information content (AvgIpc) is 3.08. The van der Waals surface area contributed by atoms with Crippen LogP contribution in [0, 0.1) is 11.3 Å². The quantitative estimate of drug-likeness (QED) is 0.805. The molecule has 5 heteroatoms. The number of urea groups is 1. The summed E-state index contributed by atoms with van der Waals surface area (Å²) in [5, 5.41) is 9.36. The summed E-state index contributed by atoms with van der Waals surface area (Å²) in [4.78, 5) is 27.8. The number of carbonyl (C=O) groups is 2. The van der Waals surface area contributed by atoms with Crippen LogP contribution in [0.25, 0.3) is 0 Å². The molecule has 0 unspecified atom stereocenters. The fraction of sp³-hybridized carbons (Fsp3) is 0.471. The second-order valence-corrected chi connectivity index (χ2v) is 6.45. The van der Waals surface area contributed by atoms with Crippen LogP contribution in [0.15, 0.2) is 24.3 Å². The van der Waals surface area contributed by atoms with E-state index in [2.05, 4.69) is 6.07 Å². The molecule has 5 nitrogen and oxygen atoms in total. The van der Waals surface area contributed by atoms with Gasteiger partial charge in [-0.3, -0.25) is 9.69 Å². The first-order valence-electron chi connectivity index (χ1n) is 7.57. The number of benzene rings is 1. The molecule has 1 aromatic carbocycles. The maximum Gasteiger partial charge on any atom is 0.327 e. The van der Waals surface area contributed by atoms with Crippen molar-refractivity contribution in [3.05, 3.63) is 35.4 Å². The van der Waals surface area contributed by atoms with E-state index in [1.165, 1.54) is 4.90 Å². The van der Waals surface area contributed by atoms with Crippen LogP contribution in [0.1, 0.15) is 37.8 Å². The third kappa shape index (κ3) is 2.16. The van der Waals surface area contributed by atoms with Crippen LogP contribution in [-0.4, -0.2) is 34.3 Å². The fourth-order valence-corrected chi connectivity index (χ4v) is 3.33. The molecule has 2 fully saturated rings. The number of fused-ring (bicyclic) bond motifs is 1. The van der Waals surface area contributed by atoms with E-state index < -0.39 is 5.41 Å². The van der Waals surface area contributed by atoms with Crippen LogP contribution in [0.2, 0.25) is 0 Å². The van der Waals surface area contributed by atoms with Crippen molar-refractivity contribution in [1.29, 1.82) is 5.26 Å². The smallest absolute Gasteiger partial charge is 0.312 e. The summed E-state index contributed by atoms with van der Waals surface area (Å²) in [7, 11) is 0. The molecule has 3 amide bonds. The average molecular weight is 297 g/mol. The lowest BCUT2D eigenvalue weighted by atomic mass is 9.83. The van der Waals surface area contributed by atoms with Crippen molar-refractivity contribution in [2.24, 2.45) is 0 Å². The van der Waals surface area contributed by atoms with Gasteiger partial charge in [-0.05, 0) is 37.8 Å². The zero-order chi connectivity index (χ0) is 15.9. The highest BCUT2D eigenvalue weighted by Crippen LogP contribution is 2.31. The fourth-order valence-electron chi connectivity index (χ4n) is 3.33. The molecule has 1 atom stereocenters. The number of hydrogen-bond acceptors (Lipinski definition) is 3. The maximum absolute atomic E-state index is 12.4. The van der Waals surface area contributed by atoms with Gasteiger partial charge < -0.3 is 4.90 Å². The predicted molar refractivity (Wildman–Crippen MR) is 80.8 cm³/mol. The van der Waals surface area contributed by atoms with E-state index in [0.717, 1.165) is 24.0 Å². The molecule has 2 saturated heterocycles. The van der Waals surface area contributed by atoms with E-state index in [0.29, 0.717) is 6.54 Å². The Kier molecular flexibility index (Phi) is 3.40. The van der Waals surface area contributed by atoms with Gasteiger partial charge >= 0.3 is 6.03 Å². The Hall–Kier alpha value is -2.35. The Labute approximate surface area is 130 Å². The zero-order valence-corrected chi connectivity index (χ0v) is 12.9. The molecular weight excluding hydrogens is 278 g/mol. The molecule has 0 aliphatic carbocycles. The first-order valence-corrected chi connectivity index (χ1v) is 7.57. The normalized spacial score (nSPS) is 21.2. The molecule has 0 bridgehead atoms. The summed E-state index contributed by atoms with van der Waals surface area (Å²) >= 11 is 0. The first kappa shape index (κ1) is 14.6. The third-order valence-electron chi connectivity index (χ3n) is 4.58. The number of hydrogen-bond donors (Lipinski definition) is 0. The van der Waals surface area contributed by atoms with Crippen molar-refractivity contribution in [2.75, 3.05) is 6.54 Å². The van der Waals surface area contributed by atoms with Crippen LogP contribution in [-0.2, 0) is 16.8 Å². The SMILES string of the molecule is CC(C)(C#N)c1ccccc1CN1C(=O)[C@@H]2CCCN2C1=O. The molecule has 0 N–H and O–H groups in total. The summed E-state index contributed by atoms with van der Waals surface area (Å²) in [5.74, 6) is -0.105. The maximum atomic E-state index is 12.4. The largest absolute Gasteiger partial charge is 0.327 e. The van der Waals surface area contributed by atoms with Gasteiger partial charge in [0.25, 0.3) is 5.91 Å². The summed E-state index contributed by atoms with van der Waals surface area (Å²) in [6.45, 7) is 4.60. The van der Waals surface area contributed by atoms with Gasteiger partial charge in [-0.15, -0.1) is 0 Å². The van der Waals surface area contributed by atoms with Gasteiger partial charge in [0.15, 0.2) is 0 Å². The number of amides is 3. The van der Waals surface area contributed by atoms with Gasteiger partial charge in [0.1, 0.15) is 6.04 Å². The highest BCUT2D eigenvalue weighted by molar-refractivity contribution is 6.04. The van der Waals surface area contributed by atoms with E-state index >= 15 is 0 Å². The molecule has 0 radical (unpaired) electrons. The minimum absolute atomic E-state index is 0.105. The molecule has 2 aliphatic rings. The van der Waals surface area contributed by atoms with Gasteiger partial charge in [0.05, 0.1) is 18.0 Å². The summed E-state index contributed by atoms with van der Waals surface area (Å²) in [5.41, 5.74) is 1.07. The number of nitrogens with zero attached hydrogens (tertiary/aromatic N) is 3. The lowest BCUT2D eigenvalue weighted by Gasteiger charge is -2.23. The molecule has 2 aliphatic heterocycles. The highest BCUT2D eigenvalue weighted by Gasteiger charge is 2.47. The van der Waals surface area contributed by atoms with Crippen molar-refractivity contribution in [3.8, 4) is 6.07 Å². The second kappa shape index (κ2) is 5.13. The minimum atomic E-state index is -0.654. The van der Waals surface area contributed by atoms with Gasteiger partial charge in [-0.25, -0.2) is 4.79 Å². The van der Waals surface area contributed by atoms with Gasteiger partial charge in [-0.2, -0.15) is 5.26 Å². The molecule has 1 aromatic rings. The van der Waals surface area contributed by atoms with E-state index in [1.54, 1.807) is 4.90 Å². The molecule has 0 saturated carbocycles. The lowest BCUT2D eigenvalue weighted by molar-refractivity contribution is -0.128. The standard InChI is InChI=1S/C17H19N3O2/c1-17(2,11-18)13-7-4-3-6-12(13)10-20-15(21)14-8-5-9-19(14)16(20)22/h3-4,6-7,14H,5,8-10H2,1-2H3/t14-/m0/s1. The van der Waals surface area contributed by atoms with Crippen molar-refractivity contribution in [2.45, 2.75) is 44.7 Å². The number of rotatable bonds is 3. The zero-order valence-electron chi connectivity index (χ0n) is 12.9. The van der Waals surface area contributed by atoms with Gasteiger partial charge in [0, 0.05) is 6.54 Å². The summed E-state index contributed by atoms with van der Waals surface area (Å²) in [6.07, 6.45) is 1.65. The number of nitriles is 1. The Morgan fingerprint density at radius 1 is 1.32 bits per heavy atom.